The SMILES string of the molecule is C=CCN1C=CN(CC(=O)c2ccc(F)cc2)C1. The van der Waals surface area contributed by atoms with Crippen molar-refractivity contribution >= 4 is 5.78 Å². The molecule has 0 fully saturated rings. The van der Waals surface area contributed by atoms with Crippen molar-refractivity contribution in [3.05, 3.63) is 60.7 Å². The van der Waals surface area contributed by atoms with E-state index in [0.717, 1.165) is 6.54 Å². The Kier molecular flexibility index (Phi) is 3.77. The molecule has 94 valence electrons. The van der Waals surface area contributed by atoms with Gasteiger partial charge in [-0.1, -0.05) is 6.08 Å². The van der Waals surface area contributed by atoms with Crippen LogP contribution in [-0.4, -0.2) is 35.3 Å². The lowest BCUT2D eigenvalue weighted by molar-refractivity contribution is 0.0947. The third-order valence-corrected chi connectivity index (χ3v) is 2.73. The molecule has 0 amide bonds. The number of Topliss-reactive ketones (excluding diaryl/α,β-unsaturated/α-hetero) is 1. The largest absolute Gasteiger partial charge is 0.355 e. The van der Waals surface area contributed by atoms with Gasteiger partial charge in [0.25, 0.3) is 0 Å². The molecule has 1 aliphatic rings. The number of hydrogen-bond donors (Lipinski definition) is 0. The van der Waals surface area contributed by atoms with E-state index in [1.54, 1.807) is 0 Å². The Hall–Kier alpha value is -2.10. The van der Waals surface area contributed by atoms with Crippen molar-refractivity contribution in [2.24, 2.45) is 0 Å². The Morgan fingerprint density at radius 1 is 1.28 bits per heavy atom. The second-order valence-electron chi connectivity index (χ2n) is 4.18. The highest BCUT2D eigenvalue weighted by Gasteiger charge is 2.15. The number of ketones is 1. The second kappa shape index (κ2) is 5.49. The monoisotopic (exact) mass is 246 g/mol. The molecule has 0 aromatic heterocycles. The summed E-state index contributed by atoms with van der Waals surface area (Å²) in [5.41, 5.74) is 0.534. The molecule has 3 nitrogen and oxygen atoms in total. The fourth-order valence-corrected chi connectivity index (χ4v) is 1.81. The molecule has 1 aromatic carbocycles. The van der Waals surface area contributed by atoms with E-state index in [4.69, 9.17) is 0 Å². The van der Waals surface area contributed by atoms with Crippen LogP contribution in [0.4, 0.5) is 4.39 Å². The van der Waals surface area contributed by atoms with Crippen LogP contribution in [0.5, 0.6) is 0 Å². The predicted molar refractivity (Wildman–Crippen MR) is 68.3 cm³/mol. The average Bonchev–Trinajstić information content (AvgIpc) is 2.78. The maximum atomic E-state index is 12.7. The number of halogens is 1. The Morgan fingerprint density at radius 3 is 2.61 bits per heavy atom. The molecule has 0 aliphatic carbocycles. The zero-order valence-corrected chi connectivity index (χ0v) is 10.1. The van der Waals surface area contributed by atoms with Gasteiger partial charge in [-0.25, -0.2) is 4.39 Å². The van der Waals surface area contributed by atoms with Crippen LogP contribution in [0.15, 0.2) is 49.3 Å². The van der Waals surface area contributed by atoms with E-state index in [0.29, 0.717) is 18.8 Å². The second-order valence-corrected chi connectivity index (χ2v) is 4.18. The van der Waals surface area contributed by atoms with E-state index in [9.17, 15) is 9.18 Å². The first kappa shape index (κ1) is 12.4. The Balaban J connectivity index is 1.91. The zero-order valence-electron chi connectivity index (χ0n) is 10.1. The lowest BCUT2D eigenvalue weighted by atomic mass is 10.1. The summed E-state index contributed by atoms with van der Waals surface area (Å²) < 4.78 is 12.7. The maximum absolute atomic E-state index is 12.7. The van der Waals surface area contributed by atoms with Crippen LogP contribution >= 0.6 is 0 Å². The van der Waals surface area contributed by atoms with E-state index in [1.165, 1.54) is 24.3 Å². The minimum Gasteiger partial charge on any atom is -0.355 e. The molecule has 0 bridgehead atoms. The molecule has 0 unspecified atom stereocenters. The molecule has 0 radical (unpaired) electrons. The summed E-state index contributed by atoms with van der Waals surface area (Å²) in [7, 11) is 0. The molecule has 0 atom stereocenters. The number of carbonyl (C=O) groups is 1. The minimum absolute atomic E-state index is 0.0138. The third kappa shape index (κ3) is 2.97. The smallest absolute Gasteiger partial charge is 0.182 e. The average molecular weight is 246 g/mol. The Labute approximate surface area is 106 Å². The molecule has 4 heteroatoms. The van der Waals surface area contributed by atoms with Crippen LogP contribution in [0.25, 0.3) is 0 Å². The summed E-state index contributed by atoms with van der Waals surface area (Å²) in [5.74, 6) is -0.343. The summed E-state index contributed by atoms with van der Waals surface area (Å²) in [5, 5.41) is 0. The fourth-order valence-electron chi connectivity index (χ4n) is 1.81. The molecule has 0 N–H and O–H groups in total. The van der Waals surface area contributed by atoms with Crippen LogP contribution in [0, 0.1) is 5.82 Å². The molecule has 1 heterocycles. The number of carbonyl (C=O) groups excluding carboxylic acids is 1. The number of benzene rings is 1. The highest BCUT2D eigenvalue weighted by atomic mass is 19.1. The van der Waals surface area contributed by atoms with Gasteiger partial charge in [0.1, 0.15) is 5.82 Å². The molecule has 18 heavy (non-hydrogen) atoms. The summed E-state index contributed by atoms with van der Waals surface area (Å²) in [6.45, 7) is 5.41. The maximum Gasteiger partial charge on any atom is 0.182 e. The molecule has 1 aliphatic heterocycles. The van der Waals surface area contributed by atoms with Gasteiger partial charge >= 0.3 is 0 Å². The summed E-state index contributed by atoms with van der Waals surface area (Å²) in [6.07, 6.45) is 5.63. The third-order valence-electron chi connectivity index (χ3n) is 2.73. The number of rotatable bonds is 5. The topological polar surface area (TPSA) is 23.6 Å². The Morgan fingerprint density at radius 2 is 1.94 bits per heavy atom. The van der Waals surface area contributed by atoms with Gasteiger partial charge in [-0.2, -0.15) is 0 Å². The van der Waals surface area contributed by atoms with E-state index in [-0.39, 0.29) is 11.6 Å². The zero-order chi connectivity index (χ0) is 13.0. The summed E-state index contributed by atoms with van der Waals surface area (Å²) in [6, 6.07) is 5.63. The molecule has 1 aromatic rings. The van der Waals surface area contributed by atoms with Crippen LogP contribution in [0.3, 0.4) is 0 Å². The van der Waals surface area contributed by atoms with Crippen molar-refractivity contribution in [2.75, 3.05) is 19.8 Å². The Bertz CT molecular complexity index is 467. The molecular formula is C14H15FN2O. The molecule has 0 saturated carbocycles. The van der Waals surface area contributed by atoms with Gasteiger partial charge in [0.05, 0.1) is 13.2 Å². The van der Waals surface area contributed by atoms with E-state index >= 15 is 0 Å². The van der Waals surface area contributed by atoms with Gasteiger partial charge in [0.15, 0.2) is 5.78 Å². The highest BCUT2D eigenvalue weighted by Crippen LogP contribution is 2.09. The quantitative estimate of drug-likeness (QED) is 0.588. The van der Waals surface area contributed by atoms with Gasteiger partial charge in [0, 0.05) is 24.5 Å². The van der Waals surface area contributed by atoms with Crippen molar-refractivity contribution < 1.29 is 9.18 Å². The fraction of sp³-hybridized carbons (Fsp3) is 0.214. The standard InChI is InChI=1S/C14H15FN2O/c1-2-7-16-8-9-17(11-16)10-14(18)12-3-5-13(15)6-4-12/h2-6,8-9H,1,7,10-11H2. The first-order chi connectivity index (χ1) is 8.69. The molecule has 0 saturated heterocycles. The van der Waals surface area contributed by atoms with Crippen LogP contribution in [0.2, 0.25) is 0 Å². The summed E-state index contributed by atoms with van der Waals surface area (Å²) in [4.78, 5) is 15.9. The number of hydrogen-bond acceptors (Lipinski definition) is 3. The van der Waals surface area contributed by atoms with Gasteiger partial charge in [-0.15, -0.1) is 6.58 Å². The van der Waals surface area contributed by atoms with Crippen molar-refractivity contribution in [1.82, 2.24) is 9.80 Å². The first-order valence-electron chi connectivity index (χ1n) is 5.75. The van der Waals surface area contributed by atoms with Gasteiger partial charge < -0.3 is 9.80 Å². The van der Waals surface area contributed by atoms with Crippen molar-refractivity contribution in [3.8, 4) is 0 Å². The molecular weight excluding hydrogens is 231 g/mol. The minimum atomic E-state index is -0.329. The van der Waals surface area contributed by atoms with Crippen molar-refractivity contribution in [2.45, 2.75) is 0 Å². The van der Waals surface area contributed by atoms with Gasteiger partial charge in [-0.3, -0.25) is 4.79 Å². The van der Waals surface area contributed by atoms with Crippen LogP contribution in [0.1, 0.15) is 10.4 Å². The number of nitrogens with zero attached hydrogens (tertiary/aromatic N) is 2. The van der Waals surface area contributed by atoms with Crippen LogP contribution in [-0.2, 0) is 0 Å². The van der Waals surface area contributed by atoms with Gasteiger partial charge in [0.2, 0.25) is 0 Å². The van der Waals surface area contributed by atoms with Crippen molar-refractivity contribution in [3.63, 3.8) is 0 Å². The summed E-state index contributed by atoms with van der Waals surface area (Å²) >= 11 is 0. The first-order valence-corrected chi connectivity index (χ1v) is 5.75. The van der Waals surface area contributed by atoms with E-state index in [1.807, 2.05) is 28.3 Å². The van der Waals surface area contributed by atoms with Gasteiger partial charge in [-0.05, 0) is 24.3 Å². The molecule has 2 rings (SSSR count). The van der Waals surface area contributed by atoms with Crippen LogP contribution < -0.4 is 0 Å². The normalized spacial score (nSPS) is 14.1. The lowest BCUT2D eigenvalue weighted by Crippen LogP contribution is -2.29. The van der Waals surface area contributed by atoms with Crippen molar-refractivity contribution in [1.29, 1.82) is 0 Å². The molecule has 0 spiro atoms. The van der Waals surface area contributed by atoms with E-state index in [2.05, 4.69) is 6.58 Å². The predicted octanol–water partition coefficient (Wildman–Crippen LogP) is 2.24. The van der Waals surface area contributed by atoms with E-state index < -0.39 is 0 Å². The highest BCUT2D eigenvalue weighted by molar-refractivity contribution is 5.97. The lowest BCUT2D eigenvalue weighted by Gasteiger charge is -2.19.